The molecule has 0 saturated heterocycles. The predicted octanol–water partition coefficient (Wildman–Crippen LogP) is 2.44. The SMILES string of the molecule is CC1(C)Oc2ccc(NS(=O)(=O)c3ccc(S(=O)(=O)NC4CC4)cc3)cc2O1. The lowest BCUT2D eigenvalue weighted by atomic mass is 10.3. The predicted molar refractivity (Wildman–Crippen MR) is 102 cm³/mol. The van der Waals surface area contributed by atoms with Crippen LogP contribution in [-0.4, -0.2) is 28.7 Å². The van der Waals surface area contributed by atoms with E-state index in [1.807, 2.05) is 0 Å². The van der Waals surface area contributed by atoms with Gasteiger partial charge in [-0.05, 0) is 49.2 Å². The fourth-order valence-corrected chi connectivity index (χ4v) is 5.14. The zero-order valence-electron chi connectivity index (χ0n) is 15.3. The minimum Gasteiger partial charge on any atom is -0.449 e. The van der Waals surface area contributed by atoms with Crippen molar-refractivity contribution < 1.29 is 26.3 Å². The summed E-state index contributed by atoms with van der Waals surface area (Å²) in [6.07, 6.45) is 1.64. The number of sulfonamides is 2. The summed E-state index contributed by atoms with van der Waals surface area (Å²) in [4.78, 5) is -0.0143. The smallest absolute Gasteiger partial charge is 0.261 e. The van der Waals surface area contributed by atoms with Crippen molar-refractivity contribution in [2.75, 3.05) is 4.72 Å². The molecule has 10 heteroatoms. The van der Waals surface area contributed by atoms with Crippen LogP contribution in [0.1, 0.15) is 26.7 Å². The molecular formula is C18H20N2O6S2. The molecule has 0 atom stereocenters. The van der Waals surface area contributed by atoms with E-state index in [0.717, 1.165) is 12.8 Å². The maximum absolute atomic E-state index is 12.6. The fraction of sp³-hybridized carbons (Fsp3) is 0.333. The summed E-state index contributed by atoms with van der Waals surface area (Å²) in [5.41, 5.74) is 0.312. The quantitative estimate of drug-likeness (QED) is 0.737. The molecule has 1 fully saturated rings. The second-order valence-electron chi connectivity index (χ2n) is 7.24. The van der Waals surface area contributed by atoms with Crippen LogP contribution in [-0.2, 0) is 20.0 Å². The Bertz CT molecular complexity index is 1120. The topological polar surface area (TPSA) is 111 Å². The number of fused-ring (bicyclic) bond motifs is 1. The Balaban J connectivity index is 1.53. The Hall–Kier alpha value is -2.30. The van der Waals surface area contributed by atoms with Gasteiger partial charge >= 0.3 is 0 Å². The van der Waals surface area contributed by atoms with Crippen molar-refractivity contribution in [3.63, 3.8) is 0 Å². The van der Waals surface area contributed by atoms with Gasteiger partial charge in [0.1, 0.15) is 0 Å². The van der Waals surface area contributed by atoms with Gasteiger partial charge in [-0.3, -0.25) is 4.72 Å². The van der Waals surface area contributed by atoms with Gasteiger partial charge in [-0.1, -0.05) is 0 Å². The summed E-state index contributed by atoms with van der Waals surface area (Å²) in [5.74, 6) is 0.166. The molecule has 0 bridgehead atoms. The molecule has 1 saturated carbocycles. The normalized spacial score (nSPS) is 18.1. The van der Waals surface area contributed by atoms with Gasteiger partial charge in [-0.2, -0.15) is 0 Å². The molecule has 0 amide bonds. The molecular weight excluding hydrogens is 404 g/mol. The van der Waals surface area contributed by atoms with E-state index in [0.29, 0.717) is 17.2 Å². The third kappa shape index (κ3) is 3.94. The molecule has 0 aromatic heterocycles. The van der Waals surface area contributed by atoms with Crippen molar-refractivity contribution in [2.24, 2.45) is 0 Å². The van der Waals surface area contributed by atoms with Crippen LogP contribution in [0.5, 0.6) is 11.5 Å². The number of hydrogen-bond donors (Lipinski definition) is 2. The van der Waals surface area contributed by atoms with Crippen molar-refractivity contribution in [3.8, 4) is 11.5 Å². The second kappa shape index (κ2) is 6.36. The Kier molecular flexibility index (Phi) is 4.32. The summed E-state index contributed by atoms with van der Waals surface area (Å²) >= 11 is 0. The molecule has 2 aromatic rings. The second-order valence-corrected chi connectivity index (χ2v) is 10.6. The van der Waals surface area contributed by atoms with Crippen LogP contribution in [0.2, 0.25) is 0 Å². The standard InChI is InChI=1S/C18H20N2O6S2/c1-18(2)25-16-10-5-13(11-17(16)26-18)20-28(23,24)15-8-6-14(7-9-15)27(21,22)19-12-3-4-12/h5-12,19-20H,3-4H2,1-2H3. The van der Waals surface area contributed by atoms with Crippen molar-refractivity contribution in [1.82, 2.24) is 4.72 Å². The maximum Gasteiger partial charge on any atom is 0.261 e. The average Bonchev–Trinajstić information content (AvgIpc) is 3.34. The minimum absolute atomic E-state index is 0.0222. The first-order chi connectivity index (χ1) is 13.0. The zero-order valence-corrected chi connectivity index (χ0v) is 16.9. The first kappa shape index (κ1) is 19.0. The molecule has 2 N–H and O–H groups in total. The Morgan fingerprint density at radius 1 is 0.857 bits per heavy atom. The third-order valence-electron chi connectivity index (χ3n) is 4.25. The van der Waals surface area contributed by atoms with Gasteiger partial charge in [-0.25, -0.2) is 21.6 Å². The molecule has 1 aliphatic heterocycles. The summed E-state index contributed by atoms with van der Waals surface area (Å²) in [6.45, 7) is 3.51. The van der Waals surface area contributed by atoms with Crippen LogP contribution in [0.3, 0.4) is 0 Å². The number of ether oxygens (including phenoxy) is 2. The number of nitrogens with one attached hydrogen (secondary N) is 2. The molecule has 8 nitrogen and oxygen atoms in total. The van der Waals surface area contributed by atoms with Crippen molar-refractivity contribution in [2.45, 2.75) is 48.3 Å². The maximum atomic E-state index is 12.6. The Morgan fingerprint density at radius 3 is 2.04 bits per heavy atom. The van der Waals surface area contributed by atoms with Crippen molar-refractivity contribution in [1.29, 1.82) is 0 Å². The summed E-state index contributed by atoms with van der Waals surface area (Å²) in [6, 6.07) is 9.80. The molecule has 1 aliphatic carbocycles. The van der Waals surface area contributed by atoms with Crippen LogP contribution < -0.4 is 18.9 Å². The first-order valence-corrected chi connectivity index (χ1v) is 11.7. The van der Waals surface area contributed by atoms with Gasteiger partial charge < -0.3 is 9.47 Å². The molecule has 150 valence electrons. The average molecular weight is 425 g/mol. The van der Waals surface area contributed by atoms with E-state index in [9.17, 15) is 16.8 Å². The lowest BCUT2D eigenvalue weighted by Crippen LogP contribution is -2.29. The third-order valence-corrected chi connectivity index (χ3v) is 7.18. The largest absolute Gasteiger partial charge is 0.449 e. The molecule has 28 heavy (non-hydrogen) atoms. The van der Waals surface area contributed by atoms with Gasteiger partial charge in [-0.15, -0.1) is 0 Å². The van der Waals surface area contributed by atoms with Crippen molar-refractivity contribution in [3.05, 3.63) is 42.5 Å². The lowest BCUT2D eigenvalue weighted by molar-refractivity contribution is -0.0431. The highest BCUT2D eigenvalue weighted by atomic mass is 32.2. The van der Waals surface area contributed by atoms with Gasteiger partial charge in [0, 0.05) is 26.0 Å². The Morgan fingerprint density at radius 2 is 1.43 bits per heavy atom. The van der Waals surface area contributed by atoms with Crippen LogP contribution in [0.15, 0.2) is 52.3 Å². The molecule has 2 aromatic carbocycles. The van der Waals surface area contributed by atoms with E-state index in [2.05, 4.69) is 9.44 Å². The fourth-order valence-electron chi connectivity index (χ4n) is 2.79. The van der Waals surface area contributed by atoms with Gasteiger partial charge in [0.05, 0.1) is 15.5 Å². The molecule has 0 radical (unpaired) electrons. The van der Waals surface area contributed by atoms with E-state index in [4.69, 9.17) is 9.47 Å². The molecule has 0 spiro atoms. The highest BCUT2D eigenvalue weighted by Gasteiger charge is 2.32. The van der Waals surface area contributed by atoms with Crippen LogP contribution in [0, 0.1) is 0 Å². The highest BCUT2D eigenvalue weighted by Crippen LogP contribution is 2.41. The molecule has 0 unspecified atom stereocenters. The summed E-state index contributed by atoms with van der Waals surface area (Å²) in [7, 11) is -7.53. The monoisotopic (exact) mass is 424 g/mol. The number of benzene rings is 2. The van der Waals surface area contributed by atoms with Crippen molar-refractivity contribution >= 4 is 25.7 Å². The number of hydrogen-bond acceptors (Lipinski definition) is 6. The first-order valence-electron chi connectivity index (χ1n) is 8.71. The van der Waals surface area contributed by atoms with Crippen LogP contribution in [0.4, 0.5) is 5.69 Å². The van der Waals surface area contributed by atoms with E-state index in [1.54, 1.807) is 32.0 Å². The van der Waals surface area contributed by atoms with E-state index >= 15 is 0 Å². The van der Waals surface area contributed by atoms with Gasteiger partial charge in [0.2, 0.25) is 15.8 Å². The summed E-state index contributed by atoms with van der Waals surface area (Å²) in [5, 5.41) is 0. The molecule has 2 aliphatic rings. The Labute approximate surface area is 164 Å². The zero-order chi connectivity index (χ0) is 20.2. The number of anilines is 1. The summed E-state index contributed by atoms with van der Waals surface area (Å²) < 4.78 is 65.9. The molecule has 1 heterocycles. The van der Waals surface area contributed by atoms with E-state index in [1.165, 1.54) is 24.3 Å². The van der Waals surface area contributed by atoms with E-state index in [-0.39, 0.29) is 15.8 Å². The van der Waals surface area contributed by atoms with Crippen LogP contribution >= 0.6 is 0 Å². The highest BCUT2D eigenvalue weighted by molar-refractivity contribution is 7.92. The molecule has 4 rings (SSSR count). The minimum atomic E-state index is -3.89. The number of rotatable bonds is 6. The van der Waals surface area contributed by atoms with Gasteiger partial charge in [0.15, 0.2) is 11.5 Å². The van der Waals surface area contributed by atoms with Gasteiger partial charge in [0.25, 0.3) is 10.0 Å². The lowest BCUT2D eigenvalue weighted by Gasteiger charge is -2.16. The van der Waals surface area contributed by atoms with Crippen LogP contribution in [0.25, 0.3) is 0 Å². The van der Waals surface area contributed by atoms with E-state index < -0.39 is 25.8 Å².